The smallest absolute Gasteiger partial charge is 0.241 e. The van der Waals surface area contributed by atoms with Crippen LogP contribution in [0.5, 0.6) is 0 Å². The molecular formula is C21H26Cl2N6O. The molecule has 7 nitrogen and oxygen atoms in total. The van der Waals surface area contributed by atoms with E-state index in [4.69, 9.17) is 23.2 Å². The van der Waals surface area contributed by atoms with E-state index >= 15 is 0 Å². The van der Waals surface area contributed by atoms with Crippen molar-refractivity contribution in [2.45, 2.75) is 37.1 Å². The molecule has 160 valence electrons. The molecule has 0 aromatic carbocycles. The number of anilines is 1. The monoisotopic (exact) mass is 448 g/mol. The molecule has 2 unspecified atom stereocenters. The molecule has 1 aliphatic heterocycles. The summed E-state index contributed by atoms with van der Waals surface area (Å²) in [5.74, 6) is 0.964. The van der Waals surface area contributed by atoms with Gasteiger partial charge in [-0.05, 0) is 37.5 Å². The number of hydrogen-bond acceptors (Lipinski definition) is 5. The summed E-state index contributed by atoms with van der Waals surface area (Å²) in [5, 5.41) is 4.73. The second-order valence-electron chi connectivity index (χ2n) is 7.82. The van der Waals surface area contributed by atoms with Crippen LogP contribution in [0.4, 0.5) is 5.82 Å². The normalized spacial score (nSPS) is 22.3. The topological polar surface area (TPSA) is 77.2 Å². The van der Waals surface area contributed by atoms with Crippen LogP contribution in [-0.4, -0.2) is 63.9 Å². The molecule has 2 N–H and O–H groups in total. The van der Waals surface area contributed by atoms with Gasteiger partial charge in [0.2, 0.25) is 5.91 Å². The Morgan fingerprint density at radius 3 is 3.10 bits per heavy atom. The average Bonchev–Trinajstić information content (AvgIpc) is 3.07. The Morgan fingerprint density at radius 1 is 1.40 bits per heavy atom. The number of aromatic nitrogens is 3. The molecule has 3 heterocycles. The number of nitrogens with zero attached hydrogens (tertiary/aromatic N) is 4. The summed E-state index contributed by atoms with van der Waals surface area (Å²) in [6.45, 7) is 1.66. The van der Waals surface area contributed by atoms with E-state index in [1.165, 1.54) is 0 Å². The third-order valence-electron chi connectivity index (χ3n) is 5.72. The highest BCUT2D eigenvalue weighted by atomic mass is 35.5. The van der Waals surface area contributed by atoms with Gasteiger partial charge >= 0.3 is 0 Å². The van der Waals surface area contributed by atoms with Crippen LogP contribution >= 0.6 is 23.2 Å². The minimum atomic E-state index is -0.144. The van der Waals surface area contributed by atoms with Crippen LogP contribution in [0, 0.1) is 0 Å². The summed E-state index contributed by atoms with van der Waals surface area (Å²) in [6, 6.07) is 2.19. The van der Waals surface area contributed by atoms with Crippen LogP contribution in [0.25, 0.3) is 11.0 Å². The SMILES string of the molecule is CN(c1ncnc2[nH]ccc12)C1CCCCN(C(=O)CNC2=CC(Cl)CC(Cl)=C2)C1. The Kier molecular flexibility index (Phi) is 6.49. The summed E-state index contributed by atoms with van der Waals surface area (Å²) >= 11 is 12.3. The maximum atomic E-state index is 12.9. The molecule has 30 heavy (non-hydrogen) atoms. The molecule has 9 heteroatoms. The van der Waals surface area contributed by atoms with Gasteiger partial charge in [0.15, 0.2) is 0 Å². The van der Waals surface area contributed by atoms with Crippen molar-refractivity contribution in [1.29, 1.82) is 0 Å². The zero-order valence-electron chi connectivity index (χ0n) is 16.9. The minimum Gasteiger partial charge on any atom is -0.376 e. The number of halogens is 2. The zero-order chi connectivity index (χ0) is 21.1. The number of aromatic amines is 1. The van der Waals surface area contributed by atoms with Crippen molar-refractivity contribution in [3.63, 3.8) is 0 Å². The van der Waals surface area contributed by atoms with Gasteiger partial charge in [0.05, 0.1) is 17.3 Å². The Labute approximate surface area is 186 Å². The highest BCUT2D eigenvalue weighted by molar-refractivity contribution is 6.31. The number of carbonyl (C=O) groups is 1. The number of alkyl halides is 1. The van der Waals surface area contributed by atoms with E-state index in [1.54, 1.807) is 6.33 Å². The molecule has 2 aromatic rings. The third-order valence-corrected chi connectivity index (χ3v) is 6.26. The summed E-state index contributed by atoms with van der Waals surface area (Å²) in [5.41, 5.74) is 1.63. The Bertz CT molecular complexity index is 971. The van der Waals surface area contributed by atoms with Crippen molar-refractivity contribution in [2.75, 3.05) is 31.6 Å². The summed E-state index contributed by atoms with van der Waals surface area (Å²) < 4.78 is 0. The van der Waals surface area contributed by atoms with E-state index in [0.717, 1.165) is 48.4 Å². The third kappa shape index (κ3) is 4.73. The van der Waals surface area contributed by atoms with Crippen LogP contribution in [-0.2, 0) is 4.79 Å². The molecule has 0 radical (unpaired) electrons. The number of H-pyrrole nitrogens is 1. The Morgan fingerprint density at radius 2 is 2.27 bits per heavy atom. The quantitative estimate of drug-likeness (QED) is 0.685. The van der Waals surface area contributed by atoms with Crippen LogP contribution in [0.15, 0.2) is 41.5 Å². The fourth-order valence-corrected chi connectivity index (χ4v) is 4.75. The van der Waals surface area contributed by atoms with Gasteiger partial charge in [-0.25, -0.2) is 9.97 Å². The number of fused-ring (bicyclic) bond motifs is 1. The summed E-state index contributed by atoms with van der Waals surface area (Å²) in [6.07, 6.45) is 10.9. The fraction of sp³-hybridized carbons (Fsp3) is 0.476. The first kappa shape index (κ1) is 21.0. The number of amides is 1. The van der Waals surface area contributed by atoms with Gasteiger partial charge in [-0.2, -0.15) is 0 Å². The number of likely N-dealkylation sites (N-methyl/N-ethyl adjacent to an activating group) is 1. The molecule has 2 aromatic heterocycles. The first-order valence-corrected chi connectivity index (χ1v) is 11.1. The van der Waals surface area contributed by atoms with Crippen LogP contribution in [0.1, 0.15) is 25.7 Å². The first-order valence-electron chi connectivity index (χ1n) is 10.3. The molecule has 0 saturated carbocycles. The highest BCUT2D eigenvalue weighted by Crippen LogP contribution is 2.26. The zero-order valence-corrected chi connectivity index (χ0v) is 18.5. The summed E-state index contributed by atoms with van der Waals surface area (Å²) in [7, 11) is 2.05. The van der Waals surface area contributed by atoms with Gasteiger partial charge in [-0.3, -0.25) is 4.79 Å². The van der Waals surface area contributed by atoms with E-state index in [1.807, 2.05) is 36.4 Å². The molecule has 4 rings (SSSR count). The van der Waals surface area contributed by atoms with E-state index in [0.29, 0.717) is 18.0 Å². The number of allylic oxidation sites excluding steroid dienone is 3. The maximum absolute atomic E-state index is 12.9. The number of likely N-dealkylation sites (tertiary alicyclic amines) is 1. The van der Waals surface area contributed by atoms with Gasteiger partial charge in [0.1, 0.15) is 17.8 Å². The fourth-order valence-electron chi connectivity index (χ4n) is 4.09. The van der Waals surface area contributed by atoms with E-state index in [2.05, 4.69) is 25.2 Å². The predicted octanol–water partition coefficient (Wildman–Crippen LogP) is 3.38. The highest BCUT2D eigenvalue weighted by Gasteiger charge is 2.26. The lowest BCUT2D eigenvalue weighted by molar-refractivity contribution is -0.130. The van der Waals surface area contributed by atoms with Crippen molar-refractivity contribution in [3.8, 4) is 0 Å². The van der Waals surface area contributed by atoms with E-state index < -0.39 is 0 Å². The molecule has 0 spiro atoms. The van der Waals surface area contributed by atoms with Gasteiger partial charge in [-0.15, -0.1) is 11.6 Å². The summed E-state index contributed by atoms with van der Waals surface area (Å²) in [4.78, 5) is 29.0. The van der Waals surface area contributed by atoms with Crippen molar-refractivity contribution in [3.05, 3.63) is 41.5 Å². The Hall–Kier alpha value is -2.25. The van der Waals surface area contributed by atoms with Crippen molar-refractivity contribution < 1.29 is 4.79 Å². The van der Waals surface area contributed by atoms with Gasteiger partial charge < -0.3 is 20.1 Å². The molecular weight excluding hydrogens is 423 g/mol. The second-order valence-corrected chi connectivity index (χ2v) is 8.87. The number of carbonyl (C=O) groups excluding carboxylic acids is 1. The molecule has 1 amide bonds. The first-order chi connectivity index (χ1) is 14.5. The average molecular weight is 449 g/mol. The largest absolute Gasteiger partial charge is 0.376 e. The van der Waals surface area contributed by atoms with Crippen molar-refractivity contribution >= 4 is 46.0 Å². The lowest BCUT2D eigenvalue weighted by atomic mass is 10.1. The van der Waals surface area contributed by atoms with Crippen LogP contribution in [0.3, 0.4) is 0 Å². The van der Waals surface area contributed by atoms with Crippen molar-refractivity contribution in [1.82, 2.24) is 25.2 Å². The number of hydrogen-bond donors (Lipinski definition) is 2. The lowest BCUT2D eigenvalue weighted by Crippen LogP contribution is -2.46. The maximum Gasteiger partial charge on any atom is 0.241 e. The van der Waals surface area contributed by atoms with Crippen LogP contribution in [0.2, 0.25) is 0 Å². The molecule has 0 bridgehead atoms. The van der Waals surface area contributed by atoms with Gasteiger partial charge in [0, 0.05) is 49.5 Å². The molecule has 1 saturated heterocycles. The van der Waals surface area contributed by atoms with Crippen molar-refractivity contribution in [2.24, 2.45) is 0 Å². The molecule has 2 aliphatic rings. The van der Waals surface area contributed by atoms with E-state index in [-0.39, 0.29) is 23.9 Å². The minimum absolute atomic E-state index is 0.0758. The number of nitrogens with one attached hydrogen (secondary N) is 2. The van der Waals surface area contributed by atoms with Crippen LogP contribution < -0.4 is 10.2 Å². The standard InChI is InChI=1S/C21H26Cl2N6O/c1-28(21-18-5-6-24-20(18)26-13-27-21)17-4-2-3-7-29(12-17)19(30)11-25-16-9-14(22)8-15(23)10-16/h5-6,9-10,13-14,17,25H,2-4,7-8,11-12H2,1H3,(H,24,26,27). The van der Waals surface area contributed by atoms with Gasteiger partial charge in [-0.1, -0.05) is 11.6 Å². The second kappa shape index (κ2) is 9.27. The van der Waals surface area contributed by atoms with E-state index in [9.17, 15) is 4.79 Å². The lowest BCUT2D eigenvalue weighted by Gasteiger charge is -2.32. The molecule has 1 aliphatic carbocycles. The number of rotatable bonds is 5. The molecule has 1 fully saturated rings. The van der Waals surface area contributed by atoms with Gasteiger partial charge in [0.25, 0.3) is 0 Å². The Balaban J connectivity index is 1.42. The predicted molar refractivity (Wildman–Crippen MR) is 121 cm³/mol. The molecule has 2 atom stereocenters.